The van der Waals surface area contributed by atoms with Crippen LogP contribution in [0.3, 0.4) is 0 Å². The number of allylic oxidation sites excluding steroid dienone is 1. The molecule has 0 radical (unpaired) electrons. The third-order valence-electron chi connectivity index (χ3n) is 3.33. The van der Waals surface area contributed by atoms with Crippen molar-refractivity contribution in [3.63, 3.8) is 0 Å². The molecule has 1 aliphatic heterocycles. The van der Waals surface area contributed by atoms with Crippen molar-refractivity contribution >= 4 is 0 Å². The molecular weight excluding hydrogens is 188 g/mol. The van der Waals surface area contributed by atoms with Crippen molar-refractivity contribution in [1.29, 1.82) is 0 Å². The Kier molecular flexibility index (Phi) is 3.22. The summed E-state index contributed by atoms with van der Waals surface area (Å²) in [5.74, 6) is 0.364. The first-order chi connectivity index (χ1) is 6.83. The van der Waals surface area contributed by atoms with Gasteiger partial charge < -0.3 is 5.11 Å². The molecule has 86 valence electrons. The van der Waals surface area contributed by atoms with Crippen LogP contribution >= 0.6 is 0 Å². The molecule has 0 saturated heterocycles. The fraction of sp³-hybridized carbons (Fsp3) is 0.833. The monoisotopic (exact) mass is 210 g/mol. The van der Waals surface area contributed by atoms with E-state index in [1.165, 1.54) is 0 Å². The van der Waals surface area contributed by atoms with Gasteiger partial charge in [0, 0.05) is 0 Å². The molecule has 1 rings (SSSR count). The molecule has 1 unspecified atom stereocenters. The second-order valence-corrected chi connectivity index (χ2v) is 5.42. The minimum atomic E-state index is -0.546. The van der Waals surface area contributed by atoms with Crippen molar-refractivity contribution in [2.45, 2.75) is 59.4 Å². The standard InChI is InChI=1S/C12H22N2O/c1-6-7-8-9-10(15)12(5,14-13-9)11(2,3)4/h15H,6-8H2,1-5H3. The van der Waals surface area contributed by atoms with Gasteiger partial charge in [-0.1, -0.05) is 34.1 Å². The number of azo groups is 1. The predicted molar refractivity (Wildman–Crippen MR) is 61.9 cm³/mol. The zero-order chi connectivity index (χ0) is 11.7. The topological polar surface area (TPSA) is 45.0 Å². The first-order valence-corrected chi connectivity index (χ1v) is 5.68. The number of rotatable bonds is 3. The van der Waals surface area contributed by atoms with Crippen molar-refractivity contribution in [2.24, 2.45) is 15.6 Å². The number of aliphatic hydroxyl groups is 1. The van der Waals surface area contributed by atoms with Gasteiger partial charge in [-0.15, -0.1) is 0 Å². The highest BCUT2D eigenvalue weighted by Gasteiger charge is 2.46. The van der Waals surface area contributed by atoms with Crippen LogP contribution in [0.25, 0.3) is 0 Å². The summed E-state index contributed by atoms with van der Waals surface area (Å²) < 4.78 is 0. The van der Waals surface area contributed by atoms with E-state index in [4.69, 9.17) is 0 Å². The number of hydrogen-bond acceptors (Lipinski definition) is 3. The molecule has 0 fully saturated rings. The van der Waals surface area contributed by atoms with Crippen LogP contribution < -0.4 is 0 Å². The van der Waals surface area contributed by atoms with Crippen LogP contribution in [-0.4, -0.2) is 10.6 Å². The summed E-state index contributed by atoms with van der Waals surface area (Å²) in [6.45, 7) is 10.3. The van der Waals surface area contributed by atoms with Gasteiger partial charge in [-0.05, 0) is 25.2 Å². The lowest BCUT2D eigenvalue weighted by atomic mass is 9.74. The van der Waals surface area contributed by atoms with E-state index in [1.807, 2.05) is 6.92 Å². The predicted octanol–water partition coefficient (Wildman–Crippen LogP) is 4.22. The lowest BCUT2D eigenvalue weighted by Gasteiger charge is -2.34. The third-order valence-corrected chi connectivity index (χ3v) is 3.33. The van der Waals surface area contributed by atoms with Crippen LogP contribution in [-0.2, 0) is 0 Å². The number of unbranched alkanes of at least 4 members (excludes halogenated alkanes) is 1. The summed E-state index contributed by atoms with van der Waals surface area (Å²) in [6, 6.07) is 0. The average Bonchev–Trinajstić information content (AvgIpc) is 2.42. The Balaban J connectivity index is 2.91. The molecule has 1 heterocycles. The minimum absolute atomic E-state index is 0.103. The molecule has 3 heteroatoms. The van der Waals surface area contributed by atoms with Crippen molar-refractivity contribution in [3.8, 4) is 0 Å². The average molecular weight is 210 g/mol. The number of aliphatic hydroxyl groups excluding tert-OH is 1. The largest absolute Gasteiger partial charge is 0.508 e. The van der Waals surface area contributed by atoms with Crippen LogP contribution in [0.5, 0.6) is 0 Å². The van der Waals surface area contributed by atoms with Crippen LogP contribution in [0.4, 0.5) is 0 Å². The second kappa shape index (κ2) is 3.95. The summed E-state index contributed by atoms with van der Waals surface area (Å²) in [5, 5.41) is 18.5. The summed E-state index contributed by atoms with van der Waals surface area (Å²) in [6.07, 6.45) is 2.99. The lowest BCUT2D eigenvalue weighted by Crippen LogP contribution is -2.38. The van der Waals surface area contributed by atoms with E-state index in [0.717, 1.165) is 25.0 Å². The molecule has 1 atom stereocenters. The van der Waals surface area contributed by atoms with E-state index < -0.39 is 5.54 Å². The second-order valence-electron chi connectivity index (χ2n) is 5.42. The molecule has 0 saturated carbocycles. The zero-order valence-electron chi connectivity index (χ0n) is 10.5. The third kappa shape index (κ3) is 2.06. The van der Waals surface area contributed by atoms with Crippen molar-refractivity contribution < 1.29 is 5.11 Å². The summed E-state index contributed by atoms with van der Waals surface area (Å²) in [7, 11) is 0. The Morgan fingerprint density at radius 2 is 1.93 bits per heavy atom. The van der Waals surface area contributed by atoms with Crippen LogP contribution in [0.15, 0.2) is 21.7 Å². The van der Waals surface area contributed by atoms with E-state index in [-0.39, 0.29) is 5.41 Å². The van der Waals surface area contributed by atoms with Gasteiger partial charge in [-0.3, -0.25) is 0 Å². The Morgan fingerprint density at radius 1 is 1.33 bits per heavy atom. The molecule has 0 spiro atoms. The Hall–Kier alpha value is -0.860. The molecular formula is C12H22N2O. The van der Waals surface area contributed by atoms with E-state index >= 15 is 0 Å². The summed E-state index contributed by atoms with van der Waals surface area (Å²) >= 11 is 0. The molecule has 1 aliphatic rings. The van der Waals surface area contributed by atoms with E-state index in [9.17, 15) is 5.11 Å². The Labute approximate surface area is 92.3 Å². The fourth-order valence-electron chi connectivity index (χ4n) is 1.55. The van der Waals surface area contributed by atoms with Gasteiger partial charge in [-0.2, -0.15) is 10.2 Å². The van der Waals surface area contributed by atoms with Gasteiger partial charge in [0.15, 0.2) is 0 Å². The van der Waals surface area contributed by atoms with Gasteiger partial charge in [-0.25, -0.2) is 0 Å². The first kappa shape index (κ1) is 12.2. The van der Waals surface area contributed by atoms with Gasteiger partial charge in [0.1, 0.15) is 17.0 Å². The molecule has 0 aliphatic carbocycles. The molecule has 0 bridgehead atoms. The molecule has 0 aromatic heterocycles. The van der Waals surface area contributed by atoms with Gasteiger partial charge >= 0.3 is 0 Å². The SMILES string of the molecule is CCCCC1=C(O)C(C)(C(C)(C)C)N=N1. The molecule has 0 amide bonds. The normalized spacial score (nSPS) is 26.5. The van der Waals surface area contributed by atoms with Gasteiger partial charge in [0.25, 0.3) is 0 Å². The van der Waals surface area contributed by atoms with E-state index in [1.54, 1.807) is 0 Å². The van der Waals surface area contributed by atoms with Crippen molar-refractivity contribution in [3.05, 3.63) is 11.5 Å². The molecule has 0 aromatic carbocycles. The van der Waals surface area contributed by atoms with Gasteiger partial charge in [0.2, 0.25) is 0 Å². The van der Waals surface area contributed by atoms with Crippen molar-refractivity contribution in [1.82, 2.24) is 0 Å². The highest BCUT2D eigenvalue weighted by molar-refractivity contribution is 5.26. The van der Waals surface area contributed by atoms with E-state index in [2.05, 4.69) is 37.9 Å². The zero-order valence-corrected chi connectivity index (χ0v) is 10.5. The van der Waals surface area contributed by atoms with Crippen LogP contribution in [0.1, 0.15) is 53.9 Å². The molecule has 1 N–H and O–H groups in total. The summed E-state index contributed by atoms with van der Waals surface area (Å²) in [4.78, 5) is 0. The van der Waals surface area contributed by atoms with Crippen LogP contribution in [0, 0.1) is 5.41 Å². The molecule has 0 aromatic rings. The number of nitrogens with zero attached hydrogens (tertiary/aromatic N) is 2. The lowest BCUT2D eigenvalue weighted by molar-refractivity contribution is 0.180. The van der Waals surface area contributed by atoms with Crippen LogP contribution in [0.2, 0.25) is 0 Å². The molecule has 3 nitrogen and oxygen atoms in total. The Bertz CT molecular complexity index is 299. The highest BCUT2D eigenvalue weighted by Crippen LogP contribution is 2.44. The first-order valence-electron chi connectivity index (χ1n) is 5.68. The maximum Gasteiger partial charge on any atom is 0.145 e. The minimum Gasteiger partial charge on any atom is -0.508 e. The molecule has 15 heavy (non-hydrogen) atoms. The highest BCUT2D eigenvalue weighted by atomic mass is 16.3. The van der Waals surface area contributed by atoms with Crippen molar-refractivity contribution in [2.75, 3.05) is 0 Å². The maximum absolute atomic E-state index is 10.2. The Morgan fingerprint density at radius 3 is 2.33 bits per heavy atom. The number of hydrogen-bond donors (Lipinski definition) is 1. The fourth-order valence-corrected chi connectivity index (χ4v) is 1.55. The summed E-state index contributed by atoms with van der Waals surface area (Å²) in [5.41, 5.74) is 0.124. The smallest absolute Gasteiger partial charge is 0.145 e. The van der Waals surface area contributed by atoms with Gasteiger partial charge in [0.05, 0.1) is 0 Å². The van der Waals surface area contributed by atoms with E-state index in [0.29, 0.717) is 5.76 Å². The maximum atomic E-state index is 10.2. The quantitative estimate of drug-likeness (QED) is 0.744.